The average molecular weight is 391 g/mol. The Hall–Kier alpha value is -0.614. The molecular formula is C8H10O8ZnZr. The molecule has 96 valence electrons. The minimum Gasteiger partial charge on any atom is -0.481 e. The van der Waals surface area contributed by atoms with Crippen LogP contribution in [-0.2, 0) is 69.6 Å². The summed E-state index contributed by atoms with van der Waals surface area (Å²) in [5.41, 5.74) is -2.57. The molecule has 0 radical (unpaired) electrons. The molecule has 0 amide bonds. The molecule has 18 heavy (non-hydrogen) atoms. The molecule has 0 aromatic rings. The summed E-state index contributed by atoms with van der Waals surface area (Å²) in [7, 11) is 0. The largest absolute Gasteiger partial charge is 0.481 e. The van der Waals surface area contributed by atoms with E-state index in [0.717, 1.165) is 6.92 Å². The molecular weight excluding hydrogens is 381 g/mol. The van der Waals surface area contributed by atoms with E-state index < -0.39 is 42.3 Å². The van der Waals surface area contributed by atoms with Crippen molar-refractivity contribution in [3.63, 3.8) is 0 Å². The van der Waals surface area contributed by atoms with Crippen molar-refractivity contribution >= 4 is 23.9 Å². The molecule has 0 aliphatic carbocycles. The van der Waals surface area contributed by atoms with Gasteiger partial charge in [-0.05, 0) is 0 Å². The van der Waals surface area contributed by atoms with Crippen LogP contribution in [0.5, 0.6) is 0 Å². The van der Waals surface area contributed by atoms with Crippen LogP contribution in [0.15, 0.2) is 0 Å². The summed E-state index contributed by atoms with van der Waals surface area (Å²) >= 11 is 0. The first kappa shape index (κ1) is 22.6. The van der Waals surface area contributed by atoms with E-state index in [9.17, 15) is 19.2 Å². The monoisotopic (exact) mass is 388 g/mol. The molecule has 0 heterocycles. The minimum absolute atomic E-state index is 0. The van der Waals surface area contributed by atoms with Gasteiger partial charge in [-0.3, -0.25) is 14.4 Å². The normalized spacial score (nSPS) is 9.39. The molecule has 0 atom stereocenters. The maximum atomic E-state index is 10.8. The fourth-order valence-electron chi connectivity index (χ4n) is 1.09. The Morgan fingerprint density at radius 3 is 1.50 bits per heavy atom. The van der Waals surface area contributed by atoms with Gasteiger partial charge in [0.1, 0.15) is 0 Å². The third kappa shape index (κ3) is 7.66. The smallest absolute Gasteiger partial charge is 0.349 e. The van der Waals surface area contributed by atoms with Crippen LogP contribution in [0.4, 0.5) is 0 Å². The first-order valence-electron chi connectivity index (χ1n) is 4.06. The summed E-state index contributed by atoms with van der Waals surface area (Å²) in [4.78, 5) is 42.3. The van der Waals surface area contributed by atoms with Crippen LogP contribution in [0.2, 0.25) is 0 Å². The summed E-state index contributed by atoms with van der Waals surface area (Å²) in [5.74, 6) is -6.03. The van der Waals surface area contributed by atoms with Crippen molar-refractivity contribution in [1.29, 1.82) is 0 Å². The third-order valence-electron chi connectivity index (χ3n) is 1.60. The van der Waals surface area contributed by atoms with E-state index in [2.05, 4.69) is 4.74 Å². The van der Waals surface area contributed by atoms with Gasteiger partial charge in [-0.2, -0.15) is 0 Å². The molecule has 3 N–H and O–H groups in total. The van der Waals surface area contributed by atoms with Crippen molar-refractivity contribution in [2.45, 2.75) is 25.4 Å². The van der Waals surface area contributed by atoms with Crippen LogP contribution in [0.3, 0.4) is 0 Å². The van der Waals surface area contributed by atoms with Crippen molar-refractivity contribution in [2.75, 3.05) is 0 Å². The van der Waals surface area contributed by atoms with Crippen LogP contribution < -0.4 is 0 Å². The summed E-state index contributed by atoms with van der Waals surface area (Å²) in [6, 6.07) is 0. The van der Waals surface area contributed by atoms with Crippen molar-refractivity contribution in [3.05, 3.63) is 0 Å². The molecule has 0 aliphatic heterocycles. The number of rotatable bonds is 6. The zero-order valence-corrected chi connectivity index (χ0v) is 14.9. The van der Waals surface area contributed by atoms with Gasteiger partial charge in [0.25, 0.3) is 0 Å². The number of aliphatic carboxylic acids is 3. The summed E-state index contributed by atoms with van der Waals surface area (Å²) in [5, 5.41) is 25.7. The van der Waals surface area contributed by atoms with E-state index in [1.807, 2.05) is 0 Å². The maximum absolute atomic E-state index is 10.8. The number of hydrogen-bond donors (Lipinski definition) is 3. The van der Waals surface area contributed by atoms with Gasteiger partial charge in [-0.25, -0.2) is 4.79 Å². The number of ether oxygens (including phenoxy) is 1. The molecule has 0 aliphatic rings. The Bertz CT molecular complexity index is 301. The van der Waals surface area contributed by atoms with Crippen LogP contribution >= 0.6 is 0 Å². The number of carboxylic acids is 3. The van der Waals surface area contributed by atoms with Gasteiger partial charge < -0.3 is 20.1 Å². The Labute approximate surface area is 134 Å². The van der Waals surface area contributed by atoms with Crippen molar-refractivity contribution in [2.24, 2.45) is 0 Å². The van der Waals surface area contributed by atoms with E-state index in [4.69, 9.17) is 15.3 Å². The van der Waals surface area contributed by atoms with E-state index in [1.54, 1.807) is 0 Å². The zero-order valence-electron chi connectivity index (χ0n) is 9.50. The van der Waals surface area contributed by atoms with Gasteiger partial charge in [-0.15, -0.1) is 0 Å². The van der Waals surface area contributed by atoms with Gasteiger partial charge >= 0.3 is 23.9 Å². The van der Waals surface area contributed by atoms with Crippen LogP contribution in [0.25, 0.3) is 0 Å². The zero-order chi connectivity index (χ0) is 12.9. The summed E-state index contributed by atoms with van der Waals surface area (Å²) in [6.07, 6.45) is -2.23. The second-order valence-corrected chi connectivity index (χ2v) is 3.03. The molecule has 0 fully saturated rings. The number of carboxylic acid groups (broad SMARTS) is 3. The summed E-state index contributed by atoms with van der Waals surface area (Å²) < 4.78 is 4.32. The van der Waals surface area contributed by atoms with Gasteiger partial charge in [0.2, 0.25) is 5.60 Å². The first-order chi connectivity index (χ1) is 7.19. The second-order valence-electron chi connectivity index (χ2n) is 3.03. The summed E-state index contributed by atoms with van der Waals surface area (Å²) in [6.45, 7) is 0.862. The van der Waals surface area contributed by atoms with Crippen LogP contribution in [-0.4, -0.2) is 44.8 Å². The quantitative estimate of drug-likeness (QED) is 0.400. The molecule has 0 rings (SSSR count). The number of carbonyl (C=O) groups excluding carboxylic acids is 1. The molecule has 0 unspecified atom stereocenters. The predicted octanol–water partition coefficient (Wildman–Crippen LogP) is -0.683. The molecule has 0 spiro atoms. The van der Waals surface area contributed by atoms with Crippen molar-refractivity contribution in [1.82, 2.24) is 0 Å². The molecule has 0 bridgehead atoms. The average Bonchev–Trinajstić information content (AvgIpc) is 1.98. The van der Waals surface area contributed by atoms with Gasteiger partial charge in [-0.1, -0.05) is 0 Å². The molecule has 10 heteroatoms. The van der Waals surface area contributed by atoms with Gasteiger partial charge in [0.15, 0.2) is 0 Å². The molecule has 0 aromatic carbocycles. The van der Waals surface area contributed by atoms with Crippen molar-refractivity contribution in [3.8, 4) is 0 Å². The fraction of sp³-hybridized carbons (Fsp3) is 0.500. The first-order valence-corrected chi connectivity index (χ1v) is 4.06. The van der Waals surface area contributed by atoms with E-state index >= 15 is 0 Å². The van der Waals surface area contributed by atoms with E-state index in [-0.39, 0.29) is 45.7 Å². The maximum Gasteiger partial charge on any atom is 0.349 e. The van der Waals surface area contributed by atoms with Crippen LogP contribution in [0, 0.1) is 0 Å². The molecule has 8 nitrogen and oxygen atoms in total. The molecule has 0 saturated carbocycles. The Morgan fingerprint density at radius 1 is 1.00 bits per heavy atom. The SMILES string of the molecule is CC(=O)OC(CC(=O)O)(CC(=O)O)C(=O)O.[Zn].[Zr]. The van der Waals surface area contributed by atoms with Gasteiger partial charge in [0, 0.05) is 52.6 Å². The Balaban J connectivity index is -0.00000112. The van der Waals surface area contributed by atoms with E-state index in [1.165, 1.54) is 0 Å². The Kier molecular flexibility index (Phi) is 11.7. The second kappa shape index (κ2) is 9.33. The standard InChI is InChI=1S/C8H10O8.Zn.Zr/c1-4(9)16-8(7(14)15,2-5(10)11)3-6(12)13;;/h2-3H2,1H3,(H,10,11)(H,12,13)(H,14,15);;. The van der Waals surface area contributed by atoms with Crippen molar-refractivity contribution < 1.29 is 84.9 Å². The van der Waals surface area contributed by atoms with E-state index in [0.29, 0.717) is 0 Å². The number of esters is 1. The Morgan fingerprint density at radius 2 is 1.33 bits per heavy atom. The van der Waals surface area contributed by atoms with Gasteiger partial charge in [0.05, 0.1) is 12.8 Å². The molecule has 0 aromatic heterocycles. The third-order valence-corrected chi connectivity index (χ3v) is 1.60. The number of carbonyl (C=O) groups is 4. The molecule has 0 saturated heterocycles. The van der Waals surface area contributed by atoms with Crippen LogP contribution in [0.1, 0.15) is 19.8 Å². The predicted molar refractivity (Wildman–Crippen MR) is 46.6 cm³/mol. The topological polar surface area (TPSA) is 138 Å². The fourth-order valence-corrected chi connectivity index (χ4v) is 1.09. The number of hydrogen-bond acceptors (Lipinski definition) is 5. The minimum atomic E-state index is -2.57.